The third-order valence-corrected chi connectivity index (χ3v) is 5.64. The monoisotopic (exact) mass is 428 g/mol. The van der Waals surface area contributed by atoms with Gasteiger partial charge < -0.3 is 19.3 Å². The largest absolute Gasteiger partial charge is 0.508 e. The van der Waals surface area contributed by atoms with Crippen molar-refractivity contribution in [2.75, 3.05) is 20.8 Å². The molecule has 1 aliphatic rings. The minimum absolute atomic E-state index is 0.0963. The van der Waals surface area contributed by atoms with E-state index in [0.29, 0.717) is 23.3 Å². The van der Waals surface area contributed by atoms with Crippen LogP contribution < -0.4 is 4.74 Å². The maximum Gasteiger partial charge on any atom is 0.198 e. The van der Waals surface area contributed by atoms with Gasteiger partial charge in [-0.15, -0.1) is 0 Å². The number of aliphatic hydroxyl groups excluding tert-OH is 1. The van der Waals surface area contributed by atoms with Crippen LogP contribution in [-0.4, -0.2) is 42.9 Å². The molecule has 3 rings (SSSR count). The number of halogens is 1. The Labute approximate surface area is 182 Å². The van der Waals surface area contributed by atoms with E-state index < -0.39 is 11.2 Å². The number of ether oxygens (including phenoxy) is 3. The first kappa shape index (κ1) is 23.0. The predicted molar refractivity (Wildman–Crippen MR) is 118 cm³/mol. The van der Waals surface area contributed by atoms with Gasteiger partial charge in [-0.2, -0.15) is 0 Å². The Balaban J connectivity index is 2.21. The second-order valence-corrected chi connectivity index (χ2v) is 8.40. The van der Waals surface area contributed by atoms with E-state index >= 15 is 0 Å². The van der Waals surface area contributed by atoms with Gasteiger partial charge in [-0.1, -0.05) is 25.1 Å². The SMILES string of the molecule is CCc1cc(-c2cc(F)ccc2OC)ccc1C1=C(O)C(C)(COC)OC(C)(C)C1=O. The second-order valence-electron chi connectivity index (χ2n) is 8.40. The molecule has 5 nitrogen and oxygen atoms in total. The van der Waals surface area contributed by atoms with E-state index in [1.807, 2.05) is 13.0 Å². The average Bonchev–Trinajstić information content (AvgIpc) is 2.72. The van der Waals surface area contributed by atoms with Gasteiger partial charge in [0.05, 0.1) is 19.3 Å². The van der Waals surface area contributed by atoms with Crippen LogP contribution in [-0.2, 0) is 20.7 Å². The Morgan fingerprint density at radius 2 is 1.77 bits per heavy atom. The zero-order chi connectivity index (χ0) is 23.0. The third-order valence-electron chi connectivity index (χ3n) is 5.64. The molecular formula is C25H29FO5. The number of rotatable bonds is 6. The van der Waals surface area contributed by atoms with Crippen molar-refractivity contribution in [1.29, 1.82) is 0 Å². The van der Waals surface area contributed by atoms with Crippen LogP contribution in [0.25, 0.3) is 16.7 Å². The van der Waals surface area contributed by atoms with Gasteiger partial charge in [0.1, 0.15) is 28.5 Å². The molecule has 1 atom stereocenters. The van der Waals surface area contributed by atoms with Crippen molar-refractivity contribution in [2.45, 2.75) is 45.3 Å². The van der Waals surface area contributed by atoms with Crippen molar-refractivity contribution in [3.63, 3.8) is 0 Å². The molecule has 1 N–H and O–H groups in total. The molecule has 0 fully saturated rings. The number of benzene rings is 2. The van der Waals surface area contributed by atoms with Gasteiger partial charge >= 0.3 is 0 Å². The molecule has 0 spiro atoms. The van der Waals surface area contributed by atoms with E-state index in [4.69, 9.17) is 14.2 Å². The lowest BCUT2D eigenvalue weighted by Gasteiger charge is -2.42. The highest BCUT2D eigenvalue weighted by atomic mass is 19.1. The van der Waals surface area contributed by atoms with E-state index in [1.165, 1.54) is 26.4 Å². The van der Waals surface area contributed by atoms with Gasteiger partial charge in [-0.05, 0) is 62.1 Å². The van der Waals surface area contributed by atoms with E-state index in [9.17, 15) is 14.3 Å². The maximum absolute atomic E-state index is 13.9. The molecule has 1 unspecified atom stereocenters. The van der Waals surface area contributed by atoms with E-state index in [0.717, 1.165) is 11.1 Å². The lowest BCUT2D eigenvalue weighted by Crippen LogP contribution is -2.53. The van der Waals surface area contributed by atoms with Crippen LogP contribution in [0.2, 0.25) is 0 Å². The first-order valence-electron chi connectivity index (χ1n) is 10.2. The van der Waals surface area contributed by atoms with Crippen molar-refractivity contribution >= 4 is 11.4 Å². The zero-order valence-electron chi connectivity index (χ0n) is 18.8. The average molecular weight is 429 g/mol. The zero-order valence-corrected chi connectivity index (χ0v) is 18.8. The fourth-order valence-electron chi connectivity index (χ4n) is 4.16. The van der Waals surface area contributed by atoms with Gasteiger partial charge in [0, 0.05) is 12.7 Å². The number of aryl methyl sites for hydroxylation is 1. The highest BCUT2D eigenvalue weighted by Crippen LogP contribution is 2.42. The van der Waals surface area contributed by atoms with Gasteiger partial charge in [0.2, 0.25) is 0 Å². The number of ketones is 1. The smallest absolute Gasteiger partial charge is 0.198 e. The van der Waals surface area contributed by atoms with Gasteiger partial charge in [-0.3, -0.25) is 4.79 Å². The third kappa shape index (κ3) is 4.10. The Kier molecular flexibility index (Phi) is 6.25. The Morgan fingerprint density at radius 3 is 2.39 bits per heavy atom. The molecule has 0 aliphatic carbocycles. The highest BCUT2D eigenvalue weighted by Gasteiger charge is 2.49. The van der Waals surface area contributed by atoms with Crippen LogP contribution >= 0.6 is 0 Å². The standard InChI is InChI=1S/C25H29FO5/c1-7-15-12-16(19-13-17(26)9-11-20(19)30-6)8-10-18(15)21-22(27)24(2,3)31-25(4,14-29-5)23(21)28/h8-13,28H,7,14H2,1-6H3. The molecular weight excluding hydrogens is 399 g/mol. The summed E-state index contributed by atoms with van der Waals surface area (Å²) in [6.45, 7) is 7.14. The van der Waals surface area contributed by atoms with Crippen molar-refractivity contribution in [2.24, 2.45) is 0 Å². The molecule has 31 heavy (non-hydrogen) atoms. The van der Waals surface area contributed by atoms with Gasteiger partial charge in [0.25, 0.3) is 0 Å². The topological polar surface area (TPSA) is 65.0 Å². The molecule has 1 heterocycles. The lowest BCUT2D eigenvalue weighted by atomic mass is 9.80. The second kappa shape index (κ2) is 8.44. The number of hydrogen-bond acceptors (Lipinski definition) is 5. The minimum atomic E-state index is -1.16. The van der Waals surface area contributed by atoms with Crippen molar-refractivity contribution < 1.29 is 28.5 Å². The summed E-state index contributed by atoms with van der Waals surface area (Å²) in [4.78, 5) is 13.3. The summed E-state index contributed by atoms with van der Waals surface area (Å²) >= 11 is 0. The quantitative estimate of drug-likeness (QED) is 0.692. The Morgan fingerprint density at radius 1 is 1.06 bits per heavy atom. The van der Waals surface area contributed by atoms with Crippen LogP contribution in [0.5, 0.6) is 5.75 Å². The first-order chi connectivity index (χ1) is 14.6. The molecule has 0 amide bonds. The molecule has 0 bridgehead atoms. The van der Waals surface area contributed by atoms with Crippen LogP contribution in [0, 0.1) is 5.82 Å². The number of methoxy groups -OCH3 is 2. The molecule has 2 aromatic carbocycles. The van der Waals surface area contributed by atoms with Crippen molar-refractivity contribution in [1.82, 2.24) is 0 Å². The number of carbonyl (C=O) groups excluding carboxylic acids is 1. The molecule has 0 radical (unpaired) electrons. The van der Waals surface area contributed by atoms with E-state index in [2.05, 4.69) is 0 Å². The van der Waals surface area contributed by atoms with E-state index in [-0.39, 0.29) is 29.5 Å². The normalized spacial score (nSPS) is 20.8. The summed E-state index contributed by atoms with van der Waals surface area (Å²) in [7, 11) is 3.05. The molecule has 6 heteroatoms. The Hall–Kier alpha value is -2.70. The fraction of sp³-hybridized carbons (Fsp3) is 0.400. The van der Waals surface area contributed by atoms with Gasteiger partial charge in [0.15, 0.2) is 5.78 Å². The number of carbonyl (C=O) groups is 1. The molecule has 2 aromatic rings. The summed E-state index contributed by atoms with van der Waals surface area (Å²) in [5, 5.41) is 11.1. The lowest BCUT2D eigenvalue weighted by molar-refractivity contribution is -0.171. The fourth-order valence-corrected chi connectivity index (χ4v) is 4.16. The summed E-state index contributed by atoms with van der Waals surface area (Å²) in [5.74, 6) is -0.266. The Bertz CT molecular complexity index is 1040. The van der Waals surface area contributed by atoms with Crippen LogP contribution in [0.15, 0.2) is 42.2 Å². The first-order valence-corrected chi connectivity index (χ1v) is 10.2. The summed E-state index contributed by atoms with van der Waals surface area (Å²) in [6, 6.07) is 9.84. The van der Waals surface area contributed by atoms with Crippen molar-refractivity contribution in [3.05, 3.63) is 59.1 Å². The van der Waals surface area contributed by atoms with Crippen LogP contribution in [0.3, 0.4) is 0 Å². The predicted octanol–water partition coefficient (Wildman–Crippen LogP) is 5.12. The maximum atomic E-state index is 13.9. The van der Waals surface area contributed by atoms with Crippen molar-refractivity contribution in [3.8, 4) is 16.9 Å². The number of aliphatic hydroxyl groups is 1. The molecule has 166 valence electrons. The highest BCUT2D eigenvalue weighted by molar-refractivity contribution is 6.26. The molecule has 0 saturated carbocycles. The number of hydrogen-bond donors (Lipinski definition) is 1. The molecule has 0 aromatic heterocycles. The van der Waals surface area contributed by atoms with Crippen LogP contribution in [0.1, 0.15) is 38.8 Å². The summed E-state index contributed by atoms with van der Waals surface area (Å²) in [6.07, 6.45) is 0.604. The van der Waals surface area contributed by atoms with Crippen LogP contribution in [0.4, 0.5) is 4.39 Å². The molecule has 1 aliphatic heterocycles. The summed E-state index contributed by atoms with van der Waals surface area (Å²) in [5.41, 5.74) is 0.783. The van der Waals surface area contributed by atoms with E-state index in [1.54, 1.807) is 39.0 Å². The summed E-state index contributed by atoms with van der Waals surface area (Å²) < 4.78 is 30.5. The molecule has 0 saturated heterocycles. The number of Topliss-reactive ketones (excluding diaryl/α,β-unsaturated/α-hetero) is 1. The van der Waals surface area contributed by atoms with Gasteiger partial charge in [-0.25, -0.2) is 4.39 Å². The minimum Gasteiger partial charge on any atom is -0.508 e.